The van der Waals surface area contributed by atoms with Gasteiger partial charge in [-0.05, 0) is 49.0 Å². The molecule has 2 rings (SSSR count). The smallest absolute Gasteiger partial charge is 0.124 e. The van der Waals surface area contributed by atoms with E-state index in [4.69, 9.17) is 16.3 Å². The fraction of sp³-hybridized carbons (Fsp3) is 0.375. The Bertz CT molecular complexity index is 614. The fourth-order valence-corrected chi connectivity index (χ4v) is 3.60. The van der Waals surface area contributed by atoms with E-state index in [1.807, 2.05) is 12.3 Å². The van der Waals surface area contributed by atoms with Crippen molar-refractivity contribution in [2.75, 3.05) is 13.7 Å². The van der Waals surface area contributed by atoms with Crippen molar-refractivity contribution in [3.63, 3.8) is 0 Å². The van der Waals surface area contributed by atoms with Gasteiger partial charge in [-0.25, -0.2) is 4.39 Å². The highest BCUT2D eigenvalue weighted by atomic mass is 35.5. The third-order valence-corrected chi connectivity index (χ3v) is 5.07. The Balaban J connectivity index is 2.50. The first-order valence-electron chi connectivity index (χ1n) is 6.88. The molecule has 1 unspecified atom stereocenters. The summed E-state index contributed by atoms with van der Waals surface area (Å²) in [5, 5.41) is 6.19. The number of rotatable bonds is 6. The Hall–Kier alpha value is -1.10. The van der Waals surface area contributed by atoms with E-state index in [-0.39, 0.29) is 11.9 Å². The highest BCUT2D eigenvalue weighted by molar-refractivity contribution is 7.10. The molecule has 0 spiro atoms. The van der Waals surface area contributed by atoms with Crippen LogP contribution in [0.1, 0.15) is 35.4 Å². The summed E-state index contributed by atoms with van der Waals surface area (Å²) in [6, 6.07) is 4.40. The van der Waals surface area contributed by atoms with E-state index in [2.05, 4.69) is 12.2 Å². The van der Waals surface area contributed by atoms with Gasteiger partial charge in [-0.3, -0.25) is 0 Å². The van der Waals surface area contributed by atoms with E-state index in [9.17, 15) is 4.39 Å². The van der Waals surface area contributed by atoms with Gasteiger partial charge < -0.3 is 10.1 Å². The van der Waals surface area contributed by atoms with Crippen molar-refractivity contribution in [3.8, 4) is 5.75 Å². The highest BCUT2D eigenvalue weighted by Gasteiger charge is 2.23. The minimum absolute atomic E-state index is 0.165. The summed E-state index contributed by atoms with van der Waals surface area (Å²) in [6.45, 7) is 4.88. The van der Waals surface area contributed by atoms with Crippen LogP contribution in [0, 0.1) is 12.7 Å². The quantitative estimate of drug-likeness (QED) is 0.810. The van der Waals surface area contributed by atoms with Crippen LogP contribution >= 0.6 is 22.9 Å². The van der Waals surface area contributed by atoms with Crippen LogP contribution in [0.15, 0.2) is 23.6 Å². The summed E-state index contributed by atoms with van der Waals surface area (Å²) in [5.74, 6) is 0.380. The van der Waals surface area contributed by atoms with Gasteiger partial charge in [-0.15, -0.1) is 11.3 Å². The van der Waals surface area contributed by atoms with Gasteiger partial charge in [0.05, 0.1) is 18.2 Å². The zero-order valence-corrected chi connectivity index (χ0v) is 13.9. The van der Waals surface area contributed by atoms with Crippen LogP contribution in [0.3, 0.4) is 0 Å². The van der Waals surface area contributed by atoms with E-state index in [0.717, 1.165) is 34.0 Å². The Labute approximate surface area is 133 Å². The topological polar surface area (TPSA) is 21.3 Å². The summed E-state index contributed by atoms with van der Waals surface area (Å²) in [4.78, 5) is 0.992. The maximum Gasteiger partial charge on any atom is 0.124 e. The number of halogens is 2. The molecule has 0 radical (unpaired) electrons. The molecule has 0 amide bonds. The van der Waals surface area contributed by atoms with Gasteiger partial charge in [-0.1, -0.05) is 18.5 Å². The molecule has 1 aromatic carbocycles. The summed E-state index contributed by atoms with van der Waals surface area (Å²) in [7, 11) is 1.59. The number of benzene rings is 1. The molecule has 1 atom stereocenters. The molecule has 5 heteroatoms. The van der Waals surface area contributed by atoms with Crippen molar-refractivity contribution in [1.82, 2.24) is 5.32 Å². The highest BCUT2D eigenvalue weighted by Crippen LogP contribution is 2.39. The number of aryl methyl sites for hydroxylation is 1. The average Bonchev–Trinajstić information content (AvgIpc) is 2.80. The van der Waals surface area contributed by atoms with E-state index in [0.29, 0.717) is 5.75 Å². The molecule has 1 N–H and O–H groups in total. The van der Waals surface area contributed by atoms with Gasteiger partial charge >= 0.3 is 0 Å². The lowest BCUT2D eigenvalue weighted by atomic mass is 10.0. The molecule has 2 aromatic rings. The second-order valence-electron chi connectivity index (χ2n) is 4.87. The molecule has 1 heterocycles. The zero-order chi connectivity index (χ0) is 15.4. The van der Waals surface area contributed by atoms with Crippen LogP contribution in [0.25, 0.3) is 0 Å². The van der Waals surface area contributed by atoms with Crippen molar-refractivity contribution in [2.24, 2.45) is 0 Å². The Morgan fingerprint density at radius 3 is 2.76 bits per heavy atom. The number of hydrogen-bond acceptors (Lipinski definition) is 3. The molecule has 1 aromatic heterocycles. The number of methoxy groups -OCH3 is 1. The van der Waals surface area contributed by atoms with Crippen LogP contribution in [0.4, 0.5) is 4.39 Å². The third-order valence-electron chi connectivity index (χ3n) is 3.29. The lowest BCUT2D eigenvalue weighted by Gasteiger charge is -2.21. The van der Waals surface area contributed by atoms with Gasteiger partial charge in [0.2, 0.25) is 0 Å². The van der Waals surface area contributed by atoms with Gasteiger partial charge in [-0.2, -0.15) is 0 Å². The van der Waals surface area contributed by atoms with Crippen molar-refractivity contribution in [2.45, 2.75) is 26.3 Å². The molecule has 0 fully saturated rings. The fourth-order valence-electron chi connectivity index (χ4n) is 2.21. The first kappa shape index (κ1) is 16.3. The number of thiophene rings is 1. The van der Waals surface area contributed by atoms with E-state index >= 15 is 0 Å². The van der Waals surface area contributed by atoms with Crippen LogP contribution in [0.5, 0.6) is 5.75 Å². The predicted molar refractivity (Wildman–Crippen MR) is 87.2 cm³/mol. The van der Waals surface area contributed by atoms with Crippen LogP contribution in [0.2, 0.25) is 5.02 Å². The summed E-state index contributed by atoms with van der Waals surface area (Å²) >= 11 is 7.99. The molecule has 0 aliphatic carbocycles. The summed E-state index contributed by atoms with van der Waals surface area (Å²) in [6.07, 6.45) is 0.982. The number of hydrogen-bond donors (Lipinski definition) is 1. The summed E-state index contributed by atoms with van der Waals surface area (Å²) in [5.41, 5.74) is 1.81. The van der Waals surface area contributed by atoms with Gasteiger partial charge in [0.1, 0.15) is 11.6 Å². The minimum Gasteiger partial charge on any atom is -0.496 e. The van der Waals surface area contributed by atoms with Gasteiger partial charge in [0.25, 0.3) is 0 Å². The lowest BCUT2D eigenvalue weighted by molar-refractivity contribution is 0.402. The van der Waals surface area contributed by atoms with E-state index in [1.54, 1.807) is 24.5 Å². The normalized spacial score (nSPS) is 12.4. The molecular formula is C16H19ClFNOS. The van der Waals surface area contributed by atoms with Crippen molar-refractivity contribution in [3.05, 3.63) is 50.4 Å². The Morgan fingerprint density at radius 2 is 2.19 bits per heavy atom. The van der Waals surface area contributed by atoms with E-state index in [1.165, 1.54) is 12.1 Å². The van der Waals surface area contributed by atoms with E-state index < -0.39 is 0 Å². The molecule has 0 aliphatic rings. The van der Waals surface area contributed by atoms with Crippen LogP contribution < -0.4 is 10.1 Å². The molecule has 0 saturated heterocycles. The third kappa shape index (κ3) is 3.57. The number of ether oxygens (including phenoxy) is 1. The lowest BCUT2D eigenvalue weighted by Crippen LogP contribution is -2.23. The van der Waals surface area contributed by atoms with Crippen LogP contribution in [-0.4, -0.2) is 13.7 Å². The maximum absolute atomic E-state index is 13.7. The zero-order valence-electron chi connectivity index (χ0n) is 12.4. The molecule has 0 bridgehead atoms. The number of nitrogens with one attached hydrogen (secondary N) is 1. The Morgan fingerprint density at radius 1 is 1.43 bits per heavy atom. The molecule has 0 saturated carbocycles. The monoisotopic (exact) mass is 327 g/mol. The molecule has 2 nitrogen and oxygen atoms in total. The molecular weight excluding hydrogens is 309 g/mol. The standard InChI is InChI=1S/C16H19ClFNOS/c1-4-7-19-15(16-14(17)10(2)9-21-16)12-8-11(18)5-6-13(12)20-3/h5-6,8-9,15,19H,4,7H2,1-3H3. The first-order valence-corrected chi connectivity index (χ1v) is 8.14. The molecule has 114 valence electrons. The van der Waals surface area contributed by atoms with Gasteiger partial charge in [0.15, 0.2) is 0 Å². The maximum atomic E-state index is 13.7. The Kier molecular flexibility index (Phi) is 5.62. The second kappa shape index (κ2) is 7.25. The largest absolute Gasteiger partial charge is 0.496 e. The van der Waals surface area contributed by atoms with Gasteiger partial charge in [0, 0.05) is 10.4 Å². The average molecular weight is 328 g/mol. The predicted octanol–water partition coefficient (Wildman–Crippen LogP) is 4.95. The van der Waals surface area contributed by atoms with Crippen LogP contribution in [-0.2, 0) is 0 Å². The second-order valence-corrected chi connectivity index (χ2v) is 6.16. The minimum atomic E-state index is -0.279. The molecule has 21 heavy (non-hydrogen) atoms. The van der Waals surface area contributed by atoms with Crippen molar-refractivity contribution in [1.29, 1.82) is 0 Å². The van der Waals surface area contributed by atoms with Crippen molar-refractivity contribution >= 4 is 22.9 Å². The SMILES string of the molecule is CCCNC(c1cc(F)ccc1OC)c1scc(C)c1Cl. The molecule has 0 aliphatic heterocycles. The summed E-state index contributed by atoms with van der Waals surface area (Å²) < 4.78 is 19.1. The van der Waals surface area contributed by atoms with Crippen molar-refractivity contribution < 1.29 is 9.13 Å². The first-order chi connectivity index (χ1) is 10.1.